The van der Waals surface area contributed by atoms with Gasteiger partial charge in [-0.25, -0.2) is 8.42 Å². The Morgan fingerprint density at radius 1 is 1.41 bits per heavy atom. The molecule has 0 spiro atoms. The Hall–Kier alpha value is -1.75. The van der Waals surface area contributed by atoms with Gasteiger partial charge in [0.05, 0.1) is 4.90 Å². The van der Waals surface area contributed by atoms with Crippen molar-refractivity contribution in [1.82, 2.24) is 14.5 Å². The first kappa shape index (κ1) is 20.0. The molecule has 3 rings (SSSR count). The number of anilines is 1. The summed E-state index contributed by atoms with van der Waals surface area (Å²) in [4.78, 5) is 12.9. The number of thioether (sulfide) groups is 1. The van der Waals surface area contributed by atoms with E-state index in [-0.39, 0.29) is 10.8 Å². The second kappa shape index (κ2) is 8.51. The molecule has 1 aromatic carbocycles. The number of hydrogen-bond acceptors (Lipinski definition) is 7. The van der Waals surface area contributed by atoms with Crippen LogP contribution < -0.4 is 5.32 Å². The maximum atomic E-state index is 12.9. The molecule has 1 fully saturated rings. The van der Waals surface area contributed by atoms with E-state index in [0.29, 0.717) is 30.3 Å². The molecule has 1 aromatic heterocycles. The Balaban J connectivity index is 1.73. The fourth-order valence-corrected chi connectivity index (χ4v) is 5.95. The van der Waals surface area contributed by atoms with Gasteiger partial charge in [0.25, 0.3) is 0 Å². The van der Waals surface area contributed by atoms with Crippen LogP contribution in [-0.4, -0.2) is 47.2 Å². The Bertz CT molecular complexity index is 925. The predicted octanol–water partition coefficient (Wildman–Crippen LogP) is 2.92. The Morgan fingerprint density at radius 2 is 2.15 bits per heavy atom. The zero-order valence-corrected chi connectivity index (χ0v) is 17.2. The van der Waals surface area contributed by atoms with Crippen LogP contribution >= 0.6 is 23.1 Å². The summed E-state index contributed by atoms with van der Waals surface area (Å²) in [5.41, 5.74) is 0.978. The van der Waals surface area contributed by atoms with E-state index in [4.69, 9.17) is 0 Å². The van der Waals surface area contributed by atoms with Crippen molar-refractivity contribution in [3.63, 3.8) is 0 Å². The zero-order chi connectivity index (χ0) is 19.4. The standard InChI is InChI=1S/C17H20N4O3S3/c1-3-11-25-17-20-19-16(26-17)18-15(22)14-5-4-10-21(14)27(23,24)13-8-6-12(2)7-9-13/h3,6-9,14H,1,4-5,10-11H2,2H3,(H,18,19,22)/t14-/m1/s1. The second-order valence-corrected chi connectivity index (χ2v) is 10.2. The van der Waals surface area contributed by atoms with E-state index in [2.05, 4.69) is 22.1 Å². The SMILES string of the molecule is C=CCSc1nnc(NC(=O)[C@H]2CCCN2S(=O)(=O)c2ccc(C)cc2)s1. The van der Waals surface area contributed by atoms with E-state index < -0.39 is 16.1 Å². The first-order chi connectivity index (χ1) is 12.9. The van der Waals surface area contributed by atoms with Crippen LogP contribution in [0.1, 0.15) is 18.4 Å². The van der Waals surface area contributed by atoms with Crippen LogP contribution in [0.4, 0.5) is 5.13 Å². The number of nitrogens with one attached hydrogen (secondary N) is 1. The smallest absolute Gasteiger partial charge is 0.244 e. The molecule has 144 valence electrons. The first-order valence-electron chi connectivity index (χ1n) is 8.38. The summed E-state index contributed by atoms with van der Waals surface area (Å²) in [7, 11) is -3.72. The highest BCUT2D eigenvalue weighted by atomic mass is 32.2. The third-order valence-electron chi connectivity index (χ3n) is 4.10. The van der Waals surface area contributed by atoms with Crippen molar-refractivity contribution in [2.24, 2.45) is 0 Å². The summed E-state index contributed by atoms with van der Waals surface area (Å²) in [6.45, 7) is 5.87. The van der Waals surface area contributed by atoms with Crippen molar-refractivity contribution in [2.75, 3.05) is 17.6 Å². The van der Waals surface area contributed by atoms with Gasteiger partial charge in [-0.15, -0.1) is 16.8 Å². The van der Waals surface area contributed by atoms with Gasteiger partial charge in [0.15, 0.2) is 4.34 Å². The van der Waals surface area contributed by atoms with Crippen LogP contribution in [0.2, 0.25) is 0 Å². The largest absolute Gasteiger partial charge is 0.299 e. The van der Waals surface area contributed by atoms with Gasteiger partial charge in [0.1, 0.15) is 6.04 Å². The Labute approximate surface area is 166 Å². The fraction of sp³-hybridized carbons (Fsp3) is 0.353. The zero-order valence-electron chi connectivity index (χ0n) is 14.8. The molecule has 1 aliphatic heterocycles. The minimum absolute atomic E-state index is 0.201. The number of rotatable bonds is 7. The van der Waals surface area contributed by atoms with E-state index in [9.17, 15) is 13.2 Å². The monoisotopic (exact) mass is 424 g/mol. The quantitative estimate of drug-likeness (QED) is 0.417. The molecule has 10 heteroatoms. The Kier molecular flexibility index (Phi) is 6.30. The number of benzene rings is 1. The predicted molar refractivity (Wildman–Crippen MR) is 108 cm³/mol. The summed E-state index contributed by atoms with van der Waals surface area (Å²) >= 11 is 2.73. The van der Waals surface area contributed by atoms with Gasteiger partial charge in [0.2, 0.25) is 21.1 Å². The van der Waals surface area contributed by atoms with E-state index in [1.807, 2.05) is 6.92 Å². The fourth-order valence-electron chi connectivity index (χ4n) is 2.77. The first-order valence-corrected chi connectivity index (χ1v) is 11.6. The van der Waals surface area contributed by atoms with E-state index in [0.717, 1.165) is 9.90 Å². The number of aromatic nitrogens is 2. The molecule has 0 radical (unpaired) electrons. The minimum Gasteiger partial charge on any atom is -0.299 e. The van der Waals surface area contributed by atoms with Crippen LogP contribution in [0.3, 0.4) is 0 Å². The lowest BCUT2D eigenvalue weighted by molar-refractivity contribution is -0.119. The van der Waals surface area contributed by atoms with Crippen LogP contribution in [0.5, 0.6) is 0 Å². The van der Waals surface area contributed by atoms with Gasteiger partial charge >= 0.3 is 0 Å². The molecule has 2 aromatic rings. The lowest BCUT2D eigenvalue weighted by atomic mass is 10.2. The number of hydrogen-bond donors (Lipinski definition) is 1. The normalized spacial score (nSPS) is 17.7. The van der Waals surface area contributed by atoms with Gasteiger partial charge < -0.3 is 0 Å². The molecular formula is C17H20N4O3S3. The highest BCUT2D eigenvalue weighted by molar-refractivity contribution is 8.01. The molecule has 1 amide bonds. The van der Waals surface area contributed by atoms with Crippen molar-refractivity contribution >= 4 is 44.2 Å². The molecule has 7 nitrogen and oxygen atoms in total. The number of carbonyl (C=O) groups excluding carboxylic acids is 1. The molecule has 1 saturated heterocycles. The summed E-state index contributed by atoms with van der Waals surface area (Å²) in [5.74, 6) is 0.327. The lowest BCUT2D eigenvalue weighted by Crippen LogP contribution is -2.43. The van der Waals surface area contributed by atoms with Crippen molar-refractivity contribution in [3.8, 4) is 0 Å². The molecular weight excluding hydrogens is 404 g/mol. The number of sulfonamides is 1. The lowest BCUT2D eigenvalue weighted by Gasteiger charge is -2.23. The van der Waals surface area contributed by atoms with E-state index >= 15 is 0 Å². The van der Waals surface area contributed by atoms with Gasteiger partial charge in [-0.1, -0.05) is 46.9 Å². The van der Waals surface area contributed by atoms with Crippen molar-refractivity contribution in [2.45, 2.75) is 35.0 Å². The van der Waals surface area contributed by atoms with Crippen molar-refractivity contribution in [3.05, 3.63) is 42.5 Å². The highest BCUT2D eigenvalue weighted by Crippen LogP contribution is 2.29. The molecule has 0 aliphatic carbocycles. The molecule has 1 aliphatic rings. The van der Waals surface area contributed by atoms with Crippen LogP contribution in [0, 0.1) is 6.92 Å². The summed E-state index contributed by atoms with van der Waals surface area (Å²) < 4.78 is 27.9. The highest BCUT2D eigenvalue weighted by Gasteiger charge is 2.39. The summed E-state index contributed by atoms with van der Waals surface area (Å²) in [5, 5.41) is 11.0. The van der Waals surface area contributed by atoms with Crippen molar-refractivity contribution in [1.29, 1.82) is 0 Å². The molecule has 0 unspecified atom stereocenters. The number of aryl methyl sites for hydroxylation is 1. The average molecular weight is 425 g/mol. The molecule has 1 N–H and O–H groups in total. The number of nitrogens with zero attached hydrogens (tertiary/aromatic N) is 3. The van der Waals surface area contributed by atoms with Crippen LogP contribution in [0.15, 0.2) is 46.2 Å². The molecule has 0 bridgehead atoms. The average Bonchev–Trinajstić information content (AvgIpc) is 3.30. The van der Waals surface area contributed by atoms with Gasteiger partial charge in [-0.2, -0.15) is 4.31 Å². The van der Waals surface area contributed by atoms with Gasteiger partial charge in [0, 0.05) is 12.3 Å². The summed E-state index contributed by atoms with van der Waals surface area (Å²) in [6.07, 6.45) is 2.88. The van der Waals surface area contributed by atoms with Gasteiger partial charge in [-0.3, -0.25) is 10.1 Å². The number of carbonyl (C=O) groups is 1. The topological polar surface area (TPSA) is 92.3 Å². The molecule has 27 heavy (non-hydrogen) atoms. The third-order valence-corrected chi connectivity index (χ3v) is 7.99. The summed E-state index contributed by atoms with van der Waals surface area (Å²) in [6, 6.07) is 5.91. The maximum Gasteiger partial charge on any atom is 0.244 e. The van der Waals surface area contributed by atoms with E-state index in [1.54, 1.807) is 30.3 Å². The van der Waals surface area contributed by atoms with Crippen molar-refractivity contribution < 1.29 is 13.2 Å². The second-order valence-electron chi connectivity index (χ2n) is 6.05. The van der Waals surface area contributed by atoms with E-state index in [1.165, 1.54) is 27.4 Å². The van der Waals surface area contributed by atoms with Gasteiger partial charge in [-0.05, 0) is 31.9 Å². The molecule has 2 heterocycles. The Morgan fingerprint density at radius 3 is 2.85 bits per heavy atom. The maximum absolute atomic E-state index is 12.9. The minimum atomic E-state index is -3.72. The number of amides is 1. The molecule has 1 atom stereocenters. The van der Waals surface area contributed by atoms with Crippen LogP contribution in [0.25, 0.3) is 0 Å². The third kappa shape index (κ3) is 4.57. The van der Waals surface area contributed by atoms with Crippen LogP contribution in [-0.2, 0) is 14.8 Å². The molecule has 0 saturated carbocycles.